The molecule has 2 amide bonds. The highest BCUT2D eigenvalue weighted by molar-refractivity contribution is 6.34. The Balaban J connectivity index is 1.26. The second-order valence-corrected chi connectivity index (χ2v) is 9.23. The molecule has 2 fully saturated rings. The topological polar surface area (TPSA) is 67.2 Å². The van der Waals surface area contributed by atoms with Crippen molar-refractivity contribution in [1.82, 2.24) is 15.1 Å². The molecule has 2 aliphatic rings. The molecule has 1 aliphatic heterocycles. The van der Waals surface area contributed by atoms with E-state index in [0.29, 0.717) is 30.8 Å². The van der Waals surface area contributed by atoms with Gasteiger partial charge in [-0.2, -0.15) is 5.10 Å². The summed E-state index contributed by atoms with van der Waals surface area (Å²) in [6.45, 7) is 0.571. The smallest absolute Gasteiger partial charge is 0.272 e. The second-order valence-electron chi connectivity index (χ2n) is 8.82. The van der Waals surface area contributed by atoms with Gasteiger partial charge in [-0.1, -0.05) is 29.8 Å². The number of amides is 2. The standard InChI is InChI=1S/C24H24ClFN4O2/c1-29-19-5-3-2-4-17(19)21(28-29)22(31)27-16-8-10-24(11-9-16)12-13-30(23(24)32)20-7-6-15(26)14-18(20)25/h2-7,14,16H,8-13H2,1H3,(H,27,31). The van der Waals surface area contributed by atoms with Crippen LogP contribution in [0.2, 0.25) is 5.02 Å². The molecule has 166 valence electrons. The molecule has 2 heterocycles. The van der Waals surface area contributed by atoms with Crippen molar-refractivity contribution in [1.29, 1.82) is 0 Å². The van der Waals surface area contributed by atoms with Crippen LogP contribution in [0.1, 0.15) is 42.6 Å². The first kappa shape index (κ1) is 20.9. The first-order valence-corrected chi connectivity index (χ1v) is 11.3. The molecule has 1 spiro atoms. The number of benzene rings is 2. The largest absolute Gasteiger partial charge is 0.348 e. The Kier molecular flexibility index (Phi) is 5.16. The van der Waals surface area contributed by atoms with Crippen molar-refractivity contribution in [2.75, 3.05) is 11.4 Å². The number of nitrogens with one attached hydrogen (secondary N) is 1. The number of carbonyl (C=O) groups excluding carboxylic acids is 2. The van der Waals surface area contributed by atoms with Gasteiger partial charge in [0.05, 0.1) is 21.6 Å². The number of carbonyl (C=O) groups is 2. The number of rotatable bonds is 3. The van der Waals surface area contributed by atoms with Crippen molar-refractivity contribution in [2.45, 2.75) is 38.1 Å². The van der Waals surface area contributed by atoms with Gasteiger partial charge >= 0.3 is 0 Å². The number of para-hydroxylation sites is 1. The lowest BCUT2D eigenvalue weighted by molar-refractivity contribution is -0.127. The average molecular weight is 455 g/mol. The van der Waals surface area contributed by atoms with Gasteiger partial charge < -0.3 is 10.2 Å². The molecular weight excluding hydrogens is 431 g/mol. The van der Waals surface area contributed by atoms with Gasteiger partial charge in [0.2, 0.25) is 5.91 Å². The number of hydrogen-bond donors (Lipinski definition) is 1. The molecule has 0 radical (unpaired) electrons. The molecule has 3 aromatic rings. The molecule has 1 saturated heterocycles. The van der Waals surface area contributed by atoms with Gasteiger partial charge in [0.1, 0.15) is 5.82 Å². The minimum atomic E-state index is -0.434. The van der Waals surface area contributed by atoms with Crippen LogP contribution in [0.4, 0.5) is 10.1 Å². The van der Waals surface area contributed by atoms with E-state index in [9.17, 15) is 14.0 Å². The summed E-state index contributed by atoms with van der Waals surface area (Å²) in [5.74, 6) is -0.552. The molecule has 5 rings (SSSR count). The predicted octanol–water partition coefficient (Wildman–Crippen LogP) is 4.46. The van der Waals surface area contributed by atoms with Crippen molar-refractivity contribution in [3.05, 3.63) is 59.0 Å². The number of aryl methyl sites for hydroxylation is 1. The van der Waals surface area contributed by atoms with E-state index in [2.05, 4.69) is 10.4 Å². The van der Waals surface area contributed by atoms with Gasteiger partial charge in [0.25, 0.3) is 5.91 Å². The molecule has 0 unspecified atom stereocenters. The Hall–Kier alpha value is -2.93. The van der Waals surface area contributed by atoms with Crippen molar-refractivity contribution >= 4 is 40.0 Å². The van der Waals surface area contributed by atoms with Crippen molar-refractivity contribution < 1.29 is 14.0 Å². The van der Waals surface area contributed by atoms with Gasteiger partial charge in [0.15, 0.2) is 5.69 Å². The molecule has 1 saturated carbocycles. The molecule has 1 aliphatic carbocycles. The van der Waals surface area contributed by atoms with Crippen LogP contribution < -0.4 is 10.2 Å². The molecule has 2 aromatic carbocycles. The zero-order valence-electron chi connectivity index (χ0n) is 17.8. The van der Waals surface area contributed by atoms with Crippen LogP contribution in [-0.2, 0) is 11.8 Å². The Morgan fingerprint density at radius 3 is 2.69 bits per heavy atom. The zero-order chi connectivity index (χ0) is 22.5. The maximum absolute atomic E-state index is 13.4. The lowest BCUT2D eigenvalue weighted by atomic mass is 9.71. The van der Waals surface area contributed by atoms with E-state index in [0.717, 1.165) is 30.2 Å². The summed E-state index contributed by atoms with van der Waals surface area (Å²) in [6.07, 6.45) is 3.61. The van der Waals surface area contributed by atoms with Gasteiger partial charge in [0, 0.05) is 25.0 Å². The van der Waals surface area contributed by atoms with E-state index < -0.39 is 11.2 Å². The summed E-state index contributed by atoms with van der Waals surface area (Å²) < 4.78 is 15.1. The number of aromatic nitrogens is 2. The number of hydrogen-bond acceptors (Lipinski definition) is 3. The van der Waals surface area contributed by atoms with Crippen LogP contribution in [0.15, 0.2) is 42.5 Å². The highest BCUT2D eigenvalue weighted by Gasteiger charge is 2.49. The maximum Gasteiger partial charge on any atom is 0.272 e. The number of nitrogens with zero attached hydrogens (tertiary/aromatic N) is 3. The molecule has 1 N–H and O–H groups in total. The minimum Gasteiger partial charge on any atom is -0.348 e. The third kappa shape index (κ3) is 3.45. The minimum absolute atomic E-state index is 0.00477. The summed E-state index contributed by atoms with van der Waals surface area (Å²) >= 11 is 6.20. The fourth-order valence-electron chi connectivity index (χ4n) is 5.16. The Morgan fingerprint density at radius 2 is 1.94 bits per heavy atom. The second kappa shape index (κ2) is 7.89. The number of halogens is 2. The molecule has 6 nitrogen and oxygen atoms in total. The van der Waals surface area contributed by atoms with E-state index in [1.807, 2.05) is 31.3 Å². The van der Waals surface area contributed by atoms with Gasteiger partial charge in [-0.05, 0) is 56.4 Å². The third-order valence-corrected chi connectivity index (χ3v) is 7.27. The zero-order valence-corrected chi connectivity index (χ0v) is 18.5. The van der Waals surface area contributed by atoms with Crippen LogP contribution >= 0.6 is 11.6 Å². The van der Waals surface area contributed by atoms with Crippen LogP contribution in [0.25, 0.3) is 10.9 Å². The monoisotopic (exact) mass is 454 g/mol. The summed E-state index contributed by atoms with van der Waals surface area (Å²) in [6, 6.07) is 11.8. The van der Waals surface area contributed by atoms with Crippen LogP contribution in [0.3, 0.4) is 0 Å². The third-order valence-electron chi connectivity index (χ3n) is 6.96. The summed E-state index contributed by atoms with van der Waals surface area (Å²) in [5, 5.41) is 8.60. The van der Waals surface area contributed by atoms with Gasteiger partial charge in [-0.15, -0.1) is 0 Å². The summed E-state index contributed by atoms with van der Waals surface area (Å²) in [4.78, 5) is 27.9. The normalized spacial score (nSPS) is 23.3. The molecule has 1 aromatic heterocycles. The quantitative estimate of drug-likeness (QED) is 0.635. The first-order valence-electron chi connectivity index (χ1n) is 10.9. The fraction of sp³-hybridized carbons (Fsp3) is 0.375. The SMILES string of the molecule is Cn1nc(C(=O)NC2CCC3(CC2)CCN(c2ccc(F)cc2Cl)C3=O)c2ccccc21. The first-order chi connectivity index (χ1) is 15.4. The number of anilines is 1. The highest BCUT2D eigenvalue weighted by atomic mass is 35.5. The van der Waals surface area contributed by atoms with Crippen LogP contribution in [0.5, 0.6) is 0 Å². The average Bonchev–Trinajstić information content (AvgIpc) is 3.28. The Labute approximate surface area is 190 Å². The van der Waals surface area contributed by atoms with Crippen molar-refractivity contribution in [3.8, 4) is 0 Å². The Bertz CT molecular complexity index is 1220. The number of fused-ring (bicyclic) bond motifs is 1. The molecule has 0 bridgehead atoms. The van der Waals surface area contributed by atoms with Crippen LogP contribution in [-0.4, -0.2) is 34.2 Å². The lowest BCUT2D eigenvalue weighted by Crippen LogP contribution is -2.44. The van der Waals surface area contributed by atoms with Crippen molar-refractivity contribution in [3.63, 3.8) is 0 Å². The molecule has 0 atom stereocenters. The maximum atomic E-state index is 13.4. The lowest BCUT2D eigenvalue weighted by Gasteiger charge is -2.36. The van der Waals surface area contributed by atoms with E-state index in [-0.39, 0.29) is 22.9 Å². The molecule has 32 heavy (non-hydrogen) atoms. The van der Waals surface area contributed by atoms with Crippen molar-refractivity contribution in [2.24, 2.45) is 12.5 Å². The summed E-state index contributed by atoms with van der Waals surface area (Å²) in [7, 11) is 1.83. The van der Waals surface area contributed by atoms with Crippen LogP contribution in [0, 0.1) is 11.2 Å². The van der Waals surface area contributed by atoms with Gasteiger partial charge in [-0.3, -0.25) is 14.3 Å². The van der Waals surface area contributed by atoms with E-state index >= 15 is 0 Å². The predicted molar refractivity (Wildman–Crippen MR) is 121 cm³/mol. The fourth-order valence-corrected chi connectivity index (χ4v) is 5.43. The highest BCUT2D eigenvalue weighted by Crippen LogP contribution is 2.47. The Morgan fingerprint density at radius 1 is 1.19 bits per heavy atom. The van der Waals surface area contributed by atoms with Gasteiger partial charge in [-0.25, -0.2) is 4.39 Å². The molecular formula is C24H24ClFN4O2. The summed E-state index contributed by atoms with van der Waals surface area (Å²) in [5.41, 5.74) is 1.47. The molecule has 8 heteroatoms. The van der Waals surface area contributed by atoms with E-state index in [4.69, 9.17) is 11.6 Å². The van der Waals surface area contributed by atoms with E-state index in [1.165, 1.54) is 12.1 Å². The van der Waals surface area contributed by atoms with E-state index in [1.54, 1.807) is 15.6 Å².